The third kappa shape index (κ3) is 4.83. The van der Waals surface area contributed by atoms with Crippen molar-refractivity contribution < 1.29 is 17.9 Å². The first-order valence-electron chi connectivity index (χ1n) is 4.80. The van der Waals surface area contributed by atoms with Crippen LogP contribution < -0.4 is 10.5 Å². The summed E-state index contributed by atoms with van der Waals surface area (Å²) in [5.74, 6) is 0.612. The van der Waals surface area contributed by atoms with Crippen LogP contribution in [-0.2, 0) is 0 Å². The average molecular weight is 270 g/mol. The molecule has 1 atom stereocenters. The zero-order chi connectivity index (χ0) is 12.3. The lowest BCUT2D eigenvalue weighted by molar-refractivity contribution is -0.138. The minimum atomic E-state index is -4.24. The Hall–Kier alpha value is -0.940. The van der Waals surface area contributed by atoms with E-state index in [1.54, 1.807) is 25.1 Å². The Labute approximate surface area is 104 Å². The lowest BCUT2D eigenvalue weighted by Crippen LogP contribution is -2.20. The molecule has 0 heterocycles. The lowest BCUT2D eigenvalue weighted by Gasteiger charge is -2.17. The normalized spacial score (nSPS) is 12.8. The Morgan fingerprint density at radius 3 is 2.35 bits per heavy atom. The SMILES string of the molecule is COc1ccc([C@@H](N)CC(F)(F)F)c(C)c1.Cl. The molecule has 6 heteroatoms. The highest BCUT2D eigenvalue weighted by molar-refractivity contribution is 5.85. The van der Waals surface area contributed by atoms with Gasteiger partial charge in [0.15, 0.2) is 0 Å². The number of alkyl halides is 3. The van der Waals surface area contributed by atoms with E-state index in [-0.39, 0.29) is 12.4 Å². The van der Waals surface area contributed by atoms with Crippen LogP contribution in [0.15, 0.2) is 18.2 Å². The first kappa shape index (κ1) is 16.1. The fourth-order valence-corrected chi connectivity index (χ4v) is 1.55. The van der Waals surface area contributed by atoms with Crippen LogP contribution in [0, 0.1) is 6.92 Å². The Kier molecular flexibility index (Phi) is 5.78. The molecule has 0 aliphatic rings. The van der Waals surface area contributed by atoms with E-state index in [4.69, 9.17) is 10.5 Å². The van der Waals surface area contributed by atoms with Crippen molar-refractivity contribution in [3.8, 4) is 5.75 Å². The number of nitrogens with two attached hydrogens (primary N) is 1. The number of hydrogen-bond acceptors (Lipinski definition) is 2. The van der Waals surface area contributed by atoms with E-state index < -0.39 is 18.6 Å². The molecule has 1 rings (SSSR count). The Morgan fingerprint density at radius 2 is 1.94 bits per heavy atom. The fraction of sp³-hybridized carbons (Fsp3) is 0.455. The van der Waals surface area contributed by atoms with Crippen molar-refractivity contribution in [3.63, 3.8) is 0 Å². The van der Waals surface area contributed by atoms with Gasteiger partial charge in [0.05, 0.1) is 13.5 Å². The molecular formula is C11H15ClF3NO. The van der Waals surface area contributed by atoms with Crippen LogP contribution in [0.2, 0.25) is 0 Å². The van der Waals surface area contributed by atoms with Crippen LogP contribution in [0.3, 0.4) is 0 Å². The Bertz CT molecular complexity index is 368. The molecule has 0 radical (unpaired) electrons. The van der Waals surface area contributed by atoms with Gasteiger partial charge < -0.3 is 10.5 Å². The smallest absolute Gasteiger partial charge is 0.390 e. The van der Waals surface area contributed by atoms with Gasteiger partial charge in [0, 0.05) is 6.04 Å². The predicted molar refractivity (Wildman–Crippen MR) is 62.6 cm³/mol. The summed E-state index contributed by atoms with van der Waals surface area (Å²) in [7, 11) is 1.50. The second-order valence-corrected chi connectivity index (χ2v) is 3.65. The molecule has 0 aromatic heterocycles. The van der Waals surface area contributed by atoms with Gasteiger partial charge in [-0.1, -0.05) is 6.07 Å². The highest BCUT2D eigenvalue weighted by atomic mass is 35.5. The second-order valence-electron chi connectivity index (χ2n) is 3.65. The number of aryl methyl sites for hydroxylation is 1. The van der Waals surface area contributed by atoms with Gasteiger partial charge in [-0.2, -0.15) is 13.2 Å². The number of halogens is 4. The van der Waals surface area contributed by atoms with Gasteiger partial charge in [0.1, 0.15) is 5.75 Å². The van der Waals surface area contributed by atoms with Crippen molar-refractivity contribution in [2.45, 2.75) is 25.6 Å². The van der Waals surface area contributed by atoms with Crippen LogP contribution in [0.1, 0.15) is 23.6 Å². The predicted octanol–water partition coefficient (Wildman–Crippen LogP) is 3.38. The molecule has 0 aliphatic heterocycles. The van der Waals surface area contributed by atoms with Crippen molar-refractivity contribution in [1.82, 2.24) is 0 Å². The molecule has 2 N–H and O–H groups in total. The number of methoxy groups -OCH3 is 1. The number of benzene rings is 1. The van der Waals surface area contributed by atoms with Crippen molar-refractivity contribution in [2.75, 3.05) is 7.11 Å². The number of rotatable bonds is 3. The summed E-state index contributed by atoms with van der Waals surface area (Å²) in [5.41, 5.74) is 6.72. The molecular weight excluding hydrogens is 255 g/mol. The average Bonchev–Trinajstić information content (AvgIpc) is 2.14. The maximum atomic E-state index is 12.2. The van der Waals surface area contributed by atoms with Gasteiger partial charge in [0.25, 0.3) is 0 Å². The third-order valence-corrected chi connectivity index (χ3v) is 2.33. The molecule has 0 saturated heterocycles. The van der Waals surface area contributed by atoms with E-state index in [1.165, 1.54) is 7.11 Å². The van der Waals surface area contributed by atoms with Crippen molar-refractivity contribution in [1.29, 1.82) is 0 Å². The van der Waals surface area contributed by atoms with Crippen LogP contribution >= 0.6 is 12.4 Å². The molecule has 1 aromatic rings. The van der Waals surface area contributed by atoms with Crippen LogP contribution in [0.25, 0.3) is 0 Å². The van der Waals surface area contributed by atoms with E-state index >= 15 is 0 Å². The zero-order valence-corrected chi connectivity index (χ0v) is 10.4. The summed E-state index contributed by atoms with van der Waals surface area (Å²) in [6.07, 6.45) is -5.26. The largest absolute Gasteiger partial charge is 0.497 e. The van der Waals surface area contributed by atoms with Gasteiger partial charge in [-0.05, 0) is 30.2 Å². The molecule has 0 unspecified atom stereocenters. The monoisotopic (exact) mass is 269 g/mol. The molecule has 2 nitrogen and oxygen atoms in total. The number of hydrogen-bond donors (Lipinski definition) is 1. The summed E-state index contributed by atoms with van der Waals surface area (Å²) in [6.45, 7) is 1.72. The molecule has 0 bridgehead atoms. The zero-order valence-electron chi connectivity index (χ0n) is 9.54. The molecule has 0 fully saturated rings. The Morgan fingerprint density at radius 1 is 1.35 bits per heavy atom. The summed E-state index contributed by atoms with van der Waals surface area (Å²) in [4.78, 5) is 0. The van der Waals surface area contributed by atoms with Gasteiger partial charge in [-0.3, -0.25) is 0 Å². The summed E-state index contributed by atoms with van der Waals surface area (Å²) >= 11 is 0. The van der Waals surface area contributed by atoms with Gasteiger partial charge in [-0.25, -0.2) is 0 Å². The lowest BCUT2D eigenvalue weighted by atomic mass is 9.99. The van der Waals surface area contributed by atoms with E-state index in [1.807, 2.05) is 0 Å². The standard InChI is InChI=1S/C11H14F3NO.ClH/c1-7-5-8(16-2)3-4-9(7)10(15)6-11(12,13)14;/h3-5,10H,6,15H2,1-2H3;1H/t10-;/m0./s1. The van der Waals surface area contributed by atoms with Crippen molar-refractivity contribution in [2.24, 2.45) is 5.73 Å². The highest BCUT2D eigenvalue weighted by Gasteiger charge is 2.31. The van der Waals surface area contributed by atoms with Crippen LogP contribution in [0.4, 0.5) is 13.2 Å². The fourth-order valence-electron chi connectivity index (χ4n) is 1.55. The second kappa shape index (κ2) is 6.12. The molecule has 98 valence electrons. The topological polar surface area (TPSA) is 35.2 Å². The maximum absolute atomic E-state index is 12.2. The molecule has 17 heavy (non-hydrogen) atoms. The van der Waals surface area contributed by atoms with Crippen molar-refractivity contribution in [3.05, 3.63) is 29.3 Å². The first-order valence-corrected chi connectivity index (χ1v) is 4.80. The minimum Gasteiger partial charge on any atom is -0.497 e. The number of ether oxygens (including phenoxy) is 1. The molecule has 0 saturated carbocycles. The molecule has 0 aliphatic carbocycles. The molecule has 0 spiro atoms. The van der Waals surface area contributed by atoms with E-state index in [9.17, 15) is 13.2 Å². The maximum Gasteiger partial charge on any atom is 0.390 e. The third-order valence-electron chi connectivity index (χ3n) is 2.33. The van der Waals surface area contributed by atoms with Gasteiger partial charge in [0.2, 0.25) is 0 Å². The Balaban J connectivity index is 0.00000256. The summed E-state index contributed by atoms with van der Waals surface area (Å²) < 4.78 is 41.5. The first-order chi connectivity index (χ1) is 7.33. The van der Waals surface area contributed by atoms with Crippen LogP contribution in [-0.4, -0.2) is 13.3 Å². The summed E-state index contributed by atoms with van der Waals surface area (Å²) in [6, 6.07) is 3.83. The van der Waals surface area contributed by atoms with E-state index in [0.29, 0.717) is 16.9 Å². The molecule has 1 aromatic carbocycles. The van der Waals surface area contributed by atoms with E-state index in [2.05, 4.69) is 0 Å². The van der Waals surface area contributed by atoms with Gasteiger partial charge >= 0.3 is 6.18 Å². The quantitative estimate of drug-likeness (QED) is 0.913. The molecule has 0 amide bonds. The van der Waals surface area contributed by atoms with E-state index in [0.717, 1.165) is 0 Å². The summed E-state index contributed by atoms with van der Waals surface area (Å²) in [5, 5.41) is 0. The van der Waals surface area contributed by atoms with Crippen molar-refractivity contribution >= 4 is 12.4 Å². The van der Waals surface area contributed by atoms with Crippen LogP contribution in [0.5, 0.6) is 5.75 Å². The highest BCUT2D eigenvalue weighted by Crippen LogP contribution is 2.30. The van der Waals surface area contributed by atoms with Gasteiger partial charge in [-0.15, -0.1) is 12.4 Å². The minimum absolute atomic E-state index is 0.